The van der Waals surface area contributed by atoms with Crippen molar-refractivity contribution in [2.24, 2.45) is 0 Å². The third-order valence-electron chi connectivity index (χ3n) is 5.75. The quantitative estimate of drug-likeness (QED) is 0.724. The molecule has 154 valence electrons. The lowest BCUT2D eigenvalue weighted by Crippen LogP contribution is -2.46. The van der Waals surface area contributed by atoms with Crippen LogP contribution in [0.3, 0.4) is 0 Å². The molecule has 2 aromatic carbocycles. The number of carbonyl (C=O) groups is 2. The van der Waals surface area contributed by atoms with Gasteiger partial charge in [-0.1, -0.05) is 24.3 Å². The minimum Gasteiger partial charge on any atom is -0.454 e. The molecule has 30 heavy (non-hydrogen) atoms. The van der Waals surface area contributed by atoms with Gasteiger partial charge in [0.05, 0.1) is 12.8 Å². The molecule has 2 amide bonds. The molecule has 0 unspecified atom stereocenters. The van der Waals surface area contributed by atoms with Crippen molar-refractivity contribution in [3.8, 4) is 11.5 Å². The highest BCUT2D eigenvalue weighted by Crippen LogP contribution is 2.33. The molecule has 3 aromatic rings. The number of hydrogen-bond donors (Lipinski definition) is 1. The normalized spacial score (nSPS) is 15.2. The molecular formula is C23H23N3O4. The molecule has 1 saturated heterocycles. The number of H-pyrrole nitrogens is 1. The van der Waals surface area contributed by atoms with Crippen LogP contribution in [0, 0.1) is 6.92 Å². The molecule has 7 nitrogen and oxygen atoms in total. The predicted octanol–water partition coefficient (Wildman–Crippen LogP) is 2.97. The Bertz CT molecular complexity index is 1140. The van der Waals surface area contributed by atoms with Gasteiger partial charge in [0.1, 0.15) is 0 Å². The number of aromatic amines is 1. The number of para-hydroxylation sites is 1. The number of aromatic nitrogens is 1. The molecule has 2 aliphatic rings. The Morgan fingerprint density at radius 3 is 2.53 bits per heavy atom. The van der Waals surface area contributed by atoms with Gasteiger partial charge in [0, 0.05) is 29.7 Å². The van der Waals surface area contributed by atoms with E-state index < -0.39 is 0 Å². The van der Waals surface area contributed by atoms with Gasteiger partial charge in [0.25, 0.3) is 0 Å². The Balaban J connectivity index is 1.31. The zero-order chi connectivity index (χ0) is 20.7. The number of benzene rings is 2. The molecule has 1 N–H and O–H groups in total. The molecule has 3 heterocycles. The van der Waals surface area contributed by atoms with Crippen LogP contribution in [0.1, 0.15) is 23.2 Å². The summed E-state index contributed by atoms with van der Waals surface area (Å²) in [4.78, 5) is 29.4. The van der Waals surface area contributed by atoms with Crippen molar-refractivity contribution in [1.82, 2.24) is 15.0 Å². The Morgan fingerprint density at radius 1 is 0.967 bits per heavy atom. The topological polar surface area (TPSA) is 74.9 Å². The van der Waals surface area contributed by atoms with Crippen LogP contribution in [0.2, 0.25) is 0 Å². The minimum absolute atomic E-state index is 0.0561. The third-order valence-corrected chi connectivity index (χ3v) is 5.75. The summed E-state index contributed by atoms with van der Waals surface area (Å²) < 4.78 is 10.7. The van der Waals surface area contributed by atoms with E-state index in [0.29, 0.717) is 24.6 Å². The second-order valence-electron chi connectivity index (χ2n) is 7.70. The van der Waals surface area contributed by atoms with E-state index in [0.717, 1.165) is 34.1 Å². The molecule has 5 rings (SSSR count). The minimum atomic E-state index is -0.0876. The molecule has 0 spiro atoms. The van der Waals surface area contributed by atoms with E-state index in [1.807, 2.05) is 49.4 Å². The van der Waals surface area contributed by atoms with Crippen LogP contribution in [-0.2, 0) is 22.4 Å². The number of nitrogens with one attached hydrogen (secondary N) is 1. The van der Waals surface area contributed by atoms with E-state index in [1.54, 1.807) is 10.0 Å². The molecule has 0 bridgehead atoms. The van der Waals surface area contributed by atoms with Gasteiger partial charge in [-0.05, 0) is 42.7 Å². The second kappa shape index (κ2) is 7.40. The monoisotopic (exact) mass is 405 g/mol. The lowest BCUT2D eigenvalue weighted by atomic mass is 10.1. The van der Waals surface area contributed by atoms with E-state index in [9.17, 15) is 9.59 Å². The number of ether oxygens (including phenoxy) is 2. The molecule has 7 heteroatoms. The Hall–Kier alpha value is -3.48. The van der Waals surface area contributed by atoms with Gasteiger partial charge in [-0.25, -0.2) is 0 Å². The Morgan fingerprint density at radius 2 is 1.70 bits per heavy atom. The summed E-state index contributed by atoms with van der Waals surface area (Å²) in [7, 11) is 0. The van der Waals surface area contributed by atoms with Gasteiger partial charge in [-0.15, -0.1) is 0 Å². The predicted molar refractivity (Wildman–Crippen MR) is 111 cm³/mol. The maximum atomic E-state index is 13.1. The van der Waals surface area contributed by atoms with Crippen LogP contribution < -0.4 is 9.47 Å². The smallest absolute Gasteiger partial charge is 0.245 e. The number of hydrazine groups is 1. The first kappa shape index (κ1) is 18.5. The van der Waals surface area contributed by atoms with Crippen LogP contribution >= 0.6 is 0 Å². The molecule has 1 fully saturated rings. The Kier molecular flexibility index (Phi) is 4.58. The fourth-order valence-electron chi connectivity index (χ4n) is 4.25. The van der Waals surface area contributed by atoms with E-state index >= 15 is 0 Å². The van der Waals surface area contributed by atoms with Crippen molar-refractivity contribution >= 4 is 22.7 Å². The van der Waals surface area contributed by atoms with Gasteiger partial charge >= 0.3 is 0 Å². The van der Waals surface area contributed by atoms with Gasteiger partial charge in [0.2, 0.25) is 18.6 Å². The van der Waals surface area contributed by atoms with Gasteiger partial charge in [-0.2, -0.15) is 0 Å². The van der Waals surface area contributed by atoms with Crippen molar-refractivity contribution in [3.63, 3.8) is 0 Å². The molecule has 0 atom stereocenters. The number of hydrogen-bond acceptors (Lipinski definition) is 4. The van der Waals surface area contributed by atoms with Gasteiger partial charge in [0.15, 0.2) is 11.5 Å². The van der Waals surface area contributed by atoms with Crippen LogP contribution in [0.5, 0.6) is 11.5 Å². The van der Waals surface area contributed by atoms with E-state index in [1.165, 1.54) is 0 Å². The maximum absolute atomic E-state index is 13.1. The van der Waals surface area contributed by atoms with Crippen molar-refractivity contribution in [3.05, 3.63) is 59.3 Å². The first-order valence-electron chi connectivity index (χ1n) is 10.2. The summed E-state index contributed by atoms with van der Waals surface area (Å²) in [5.41, 5.74) is 3.85. The summed E-state index contributed by atoms with van der Waals surface area (Å²) in [5, 5.41) is 4.26. The fourth-order valence-corrected chi connectivity index (χ4v) is 4.25. The van der Waals surface area contributed by atoms with Crippen LogP contribution in [0.4, 0.5) is 0 Å². The average Bonchev–Trinajstić information content (AvgIpc) is 3.46. The van der Waals surface area contributed by atoms with Crippen LogP contribution in [-0.4, -0.2) is 46.7 Å². The fraction of sp³-hybridized carbons (Fsp3) is 0.304. The summed E-state index contributed by atoms with van der Waals surface area (Å²) in [6, 6.07) is 13.5. The lowest BCUT2D eigenvalue weighted by Gasteiger charge is -2.28. The maximum Gasteiger partial charge on any atom is 0.245 e. The third kappa shape index (κ3) is 3.26. The number of aryl methyl sites for hydroxylation is 1. The highest BCUT2D eigenvalue weighted by Gasteiger charge is 2.31. The van der Waals surface area contributed by atoms with Crippen molar-refractivity contribution in [1.29, 1.82) is 0 Å². The number of carbonyl (C=O) groups excluding carboxylic acids is 2. The van der Waals surface area contributed by atoms with Crippen molar-refractivity contribution in [2.75, 3.05) is 19.9 Å². The SMILES string of the molecule is Cc1[nH]c2ccccc2c1CC(=O)N1CCCN1C(=O)Cc1ccc2c(c1)OCO2. The largest absolute Gasteiger partial charge is 0.454 e. The highest BCUT2D eigenvalue weighted by molar-refractivity contribution is 5.91. The lowest BCUT2D eigenvalue weighted by molar-refractivity contribution is -0.157. The summed E-state index contributed by atoms with van der Waals surface area (Å²) >= 11 is 0. The second-order valence-corrected chi connectivity index (χ2v) is 7.70. The average molecular weight is 405 g/mol. The van der Waals surface area contributed by atoms with Crippen molar-refractivity contribution in [2.45, 2.75) is 26.2 Å². The standard InChI is InChI=1S/C23H23N3O4/c1-15-18(17-5-2-3-6-19(17)24-15)13-23(28)26-10-4-9-25(26)22(27)12-16-7-8-20-21(11-16)30-14-29-20/h2-3,5-8,11,24H,4,9-10,12-14H2,1H3. The molecular weight excluding hydrogens is 382 g/mol. The van der Waals surface area contributed by atoms with E-state index in [4.69, 9.17) is 9.47 Å². The number of nitrogens with zero attached hydrogens (tertiary/aromatic N) is 2. The molecule has 2 aliphatic heterocycles. The van der Waals surface area contributed by atoms with Gasteiger partial charge in [-0.3, -0.25) is 19.6 Å². The van der Waals surface area contributed by atoms with Crippen molar-refractivity contribution < 1.29 is 19.1 Å². The molecule has 0 saturated carbocycles. The Labute approximate surface area is 174 Å². The van der Waals surface area contributed by atoms with Crippen LogP contribution in [0.25, 0.3) is 10.9 Å². The highest BCUT2D eigenvalue weighted by atomic mass is 16.7. The molecule has 0 aliphatic carbocycles. The van der Waals surface area contributed by atoms with E-state index in [2.05, 4.69) is 4.98 Å². The first-order chi connectivity index (χ1) is 14.6. The number of amides is 2. The summed E-state index contributed by atoms with van der Waals surface area (Å²) in [6.07, 6.45) is 1.27. The number of fused-ring (bicyclic) bond motifs is 2. The molecule has 0 radical (unpaired) electrons. The summed E-state index contributed by atoms with van der Waals surface area (Å²) in [5.74, 6) is 1.21. The number of rotatable bonds is 4. The molecule has 1 aromatic heterocycles. The van der Waals surface area contributed by atoms with Gasteiger partial charge < -0.3 is 14.5 Å². The zero-order valence-corrected chi connectivity index (χ0v) is 16.8. The zero-order valence-electron chi connectivity index (χ0n) is 16.8. The van der Waals surface area contributed by atoms with E-state index in [-0.39, 0.29) is 31.4 Å². The van der Waals surface area contributed by atoms with Crippen LogP contribution in [0.15, 0.2) is 42.5 Å². The first-order valence-corrected chi connectivity index (χ1v) is 10.2. The summed E-state index contributed by atoms with van der Waals surface area (Å²) in [6.45, 7) is 3.30.